The maximum Gasteiger partial charge on any atom is 0.329 e. The summed E-state index contributed by atoms with van der Waals surface area (Å²) in [6, 6.07) is 18.0. The zero-order valence-corrected chi connectivity index (χ0v) is 15.9. The number of rotatable bonds is 5. The largest absolute Gasteiger partial charge is 0.457 e. The van der Waals surface area contributed by atoms with Gasteiger partial charge in [0, 0.05) is 17.6 Å². The second-order valence-corrected chi connectivity index (χ2v) is 6.48. The van der Waals surface area contributed by atoms with Gasteiger partial charge in [-0.15, -0.1) is 0 Å². The molecule has 2 amide bonds. The van der Waals surface area contributed by atoms with Crippen molar-refractivity contribution in [3.05, 3.63) is 84.3 Å². The van der Waals surface area contributed by atoms with Crippen molar-refractivity contribution in [1.29, 1.82) is 0 Å². The summed E-state index contributed by atoms with van der Waals surface area (Å²) in [6.45, 7) is 0. The third kappa shape index (κ3) is 3.78. The fourth-order valence-electron chi connectivity index (χ4n) is 2.78. The molecule has 0 aliphatic carbocycles. The summed E-state index contributed by atoms with van der Waals surface area (Å²) >= 11 is 4.07. The van der Waals surface area contributed by atoms with Crippen LogP contribution in [0.2, 0.25) is 0 Å². The number of anilines is 1. The molecule has 29 heavy (non-hydrogen) atoms. The molecule has 7 nitrogen and oxygen atoms in total. The summed E-state index contributed by atoms with van der Waals surface area (Å²) in [7, 11) is 0. The Morgan fingerprint density at radius 2 is 1.83 bits per heavy atom. The minimum Gasteiger partial charge on any atom is -0.457 e. The van der Waals surface area contributed by atoms with E-state index in [4.69, 9.17) is 14.9 Å². The highest BCUT2D eigenvalue weighted by Crippen LogP contribution is 2.33. The van der Waals surface area contributed by atoms with Gasteiger partial charge in [-0.05, 0) is 42.5 Å². The Morgan fingerprint density at radius 1 is 1.03 bits per heavy atom. The highest BCUT2D eigenvalue weighted by molar-refractivity contribution is 7.82. The number of benzene rings is 2. The first-order chi connectivity index (χ1) is 14.0. The van der Waals surface area contributed by atoms with E-state index in [1.54, 1.807) is 54.7 Å². The highest BCUT2D eigenvalue weighted by Gasteiger charge is 2.21. The second kappa shape index (κ2) is 7.69. The lowest BCUT2D eigenvalue weighted by Gasteiger charge is -2.16. The molecule has 0 aliphatic rings. The number of carbonyl (C=O) groups excluding carboxylic acids is 2. The van der Waals surface area contributed by atoms with E-state index >= 15 is 0 Å². The SMILES string of the molecule is NC(=O)N(S)c1ccc(C(=O)c2cc3cccnc3o2)c(Oc2ccccc2)c1. The van der Waals surface area contributed by atoms with E-state index in [1.807, 2.05) is 6.07 Å². The van der Waals surface area contributed by atoms with Crippen molar-refractivity contribution in [3.63, 3.8) is 0 Å². The van der Waals surface area contributed by atoms with E-state index in [9.17, 15) is 9.59 Å². The number of thiol groups is 1. The van der Waals surface area contributed by atoms with Crippen molar-refractivity contribution in [3.8, 4) is 11.5 Å². The second-order valence-electron chi connectivity index (χ2n) is 6.08. The van der Waals surface area contributed by atoms with Crippen LogP contribution in [-0.4, -0.2) is 16.8 Å². The fraction of sp³-hybridized carbons (Fsp3) is 0. The average Bonchev–Trinajstić information content (AvgIpc) is 3.17. The molecule has 4 aromatic rings. The number of hydrogen-bond donors (Lipinski definition) is 2. The molecule has 0 radical (unpaired) electrons. The average molecular weight is 405 g/mol. The van der Waals surface area contributed by atoms with Gasteiger partial charge in [0.1, 0.15) is 11.5 Å². The third-order valence-electron chi connectivity index (χ3n) is 4.15. The number of fused-ring (bicyclic) bond motifs is 1. The molecule has 0 atom stereocenters. The highest BCUT2D eigenvalue weighted by atomic mass is 32.1. The predicted molar refractivity (Wildman–Crippen MR) is 111 cm³/mol. The number of para-hydroxylation sites is 1. The van der Waals surface area contributed by atoms with Gasteiger partial charge in [-0.3, -0.25) is 4.79 Å². The molecule has 0 unspecified atom stereocenters. The monoisotopic (exact) mass is 405 g/mol. The lowest BCUT2D eigenvalue weighted by atomic mass is 10.1. The van der Waals surface area contributed by atoms with Gasteiger partial charge < -0.3 is 14.9 Å². The lowest BCUT2D eigenvalue weighted by Crippen LogP contribution is -2.27. The van der Waals surface area contributed by atoms with Gasteiger partial charge in [-0.25, -0.2) is 14.1 Å². The number of carbonyl (C=O) groups is 2. The van der Waals surface area contributed by atoms with Crippen LogP contribution in [0.4, 0.5) is 10.5 Å². The number of pyridine rings is 1. The predicted octanol–water partition coefficient (Wildman–Crippen LogP) is 4.58. The number of nitrogens with zero attached hydrogens (tertiary/aromatic N) is 2. The smallest absolute Gasteiger partial charge is 0.329 e. The Bertz CT molecular complexity index is 1170. The first kappa shape index (κ1) is 18.6. The van der Waals surface area contributed by atoms with Crippen LogP contribution in [0.1, 0.15) is 16.1 Å². The normalized spacial score (nSPS) is 10.7. The van der Waals surface area contributed by atoms with Gasteiger partial charge in [0.25, 0.3) is 0 Å². The van der Waals surface area contributed by atoms with Crippen LogP contribution in [0.5, 0.6) is 11.5 Å². The number of hydrogen-bond acceptors (Lipinski definition) is 6. The minimum absolute atomic E-state index is 0.127. The number of furan rings is 1. The number of ether oxygens (including phenoxy) is 1. The molecule has 0 aliphatic heterocycles. The number of nitrogens with two attached hydrogens (primary N) is 1. The zero-order chi connectivity index (χ0) is 20.4. The molecule has 144 valence electrons. The molecule has 0 spiro atoms. The minimum atomic E-state index is -0.763. The number of aromatic nitrogens is 1. The molecule has 4 rings (SSSR count). The summed E-state index contributed by atoms with van der Waals surface area (Å²) < 4.78 is 12.5. The Hall–Kier alpha value is -3.78. The van der Waals surface area contributed by atoms with Crippen LogP contribution >= 0.6 is 12.8 Å². The lowest BCUT2D eigenvalue weighted by molar-refractivity contribution is 0.101. The van der Waals surface area contributed by atoms with Crippen LogP contribution in [0.25, 0.3) is 11.1 Å². The van der Waals surface area contributed by atoms with Crippen LogP contribution in [0, 0.1) is 0 Å². The van der Waals surface area contributed by atoms with Crippen LogP contribution in [-0.2, 0) is 0 Å². The summed E-state index contributed by atoms with van der Waals surface area (Å²) in [4.78, 5) is 28.7. The summed E-state index contributed by atoms with van der Waals surface area (Å²) in [5.74, 6) is 0.495. The maximum atomic E-state index is 13.1. The van der Waals surface area contributed by atoms with Crippen molar-refractivity contribution in [2.24, 2.45) is 5.73 Å². The van der Waals surface area contributed by atoms with Crippen molar-refractivity contribution in [1.82, 2.24) is 4.98 Å². The number of ketones is 1. The van der Waals surface area contributed by atoms with Crippen molar-refractivity contribution >= 4 is 41.4 Å². The maximum absolute atomic E-state index is 13.1. The molecular weight excluding hydrogens is 390 g/mol. The summed E-state index contributed by atoms with van der Waals surface area (Å²) in [6.07, 6.45) is 1.59. The molecule has 2 aromatic carbocycles. The van der Waals surface area contributed by atoms with Gasteiger partial charge >= 0.3 is 6.03 Å². The summed E-state index contributed by atoms with van der Waals surface area (Å²) in [5.41, 5.74) is 6.26. The van der Waals surface area contributed by atoms with E-state index in [0.29, 0.717) is 22.5 Å². The van der Waals surface area contributed by atoms with Crippen LogP contribution in [0.15, 0.2) is 77.3 Å². The van der Waals surface area contributed by atoms with E-state index in [0.717, 1.165) is 4.31 Å². The Labute approximate surface area is 171 Å². The van der Waals surface area contributed by atoms with Crippen molar-refractivity contribution in [2.45, 2.75) is 0 Å². The number of urea groups is 1. The fourth-order valence-corrected chi connectivity index (χ4v) is 2.90. The topological polar surface area (TPSA) is 98.7 Å². The van der Waals surface area contributed by atoms with E-state index in [1.165, 1.54) is 12.1 Å². The standard InChI is InChI=1S/C21H15N3O4S/c22-21(26)24(29)14-8-9-16(17(12-14)27-15-6-2-1-3-7-15)19(25)18-11-13-5-4-10-23-20(13)28-18/h1-12,29H,(H2,22,26). The Balaban J connectivity index is 1.78. The molecule has 2 N–H and O–H groups in total. The number of amides is 2. The molecular formula is C21H15N3O4S. The number of primary amides is 1. The first-order valence-electron chi connectivity index (χ1n) is 8.57. The third-order valence-corrected chi connectivity index (χ3v) is 4.58. The molecule has 2 heterocycles. The molecule has 2 aromatic heterocycles. The quantitative estimate of drug-likeness (QED) is 0.374. The van der Waals surface area contributed by atoms with Gasteiger partial charge in [0.2, 0.25) is 11.5 Å². The molecule has 0 fully saturated rings. The van der Waals surface area contributed by atoms with Crippen molar-refractivity contribution < 1.29 is 18.7 Å². The van der Waals surface area contributed by atoms with Crippen LogP contribution in [0.3, 0.4) is 0 Å². The molecule has 0 bridgehead atoms. The Morgan fingerprint density at radius 3 is 2.55 bits per heavy atom. The zero-order valence-electron chi connectivity index (χ0n) is 15.0. The van der Waals surface area contributed by atoms with E-state index < -0.39 is 6.03 Å². The van der Waals surface area contributed by atoms with Gasteiger partial charge in [-0.2, -0.15) is 0 Å². The van der Waals surface area contributed by atoms with E-state index in [2.05, 4.69) is 17.8 Å². The van der Waals surface area contributed by atoms with Gasteiger partial charge in [0.15, 0.2) is 5.76 Å². The van der Waals surface area contributed by atoms with Crippen LogP contribution < -0.4 is 14.8 Å². The first-order valence-corrected chi connectivity index (χ1v) is 8.97. The van der Waals surface area contributed by atoms with E-state index in [-0.39, 0.29) is 22.9 Å². The van der Waals surface area contributed by atoms with Gasteiger partial charge in [-0.1, -0.05) is 31.0 Å². The van der Waals surface area contributed by atoms with Gasteiger partial charge in [0.05, 0.1) is 11.3 Å². The molecule has 8 heteroatoms. The summed E-state index contributed by atoms with van der Waals surface area (Å²) in [5, 5.41) is 0.716. The molecule has 0 saturated heterocycles. The van der Waals surface area contributed by atoms with Crippen molar-refractivity contribution in [2.75, 3.05) is 4.31 Å². The molecule has 0 saturated carbocycles. The Kier molecular flexibility index (Phi) is 4.92.